The summed E-state index contributed by atoms with van der Waals surface area (Å²) in [6.07, 6.45) is 4.32. The minimum atomic E-state index is -0.600. The molecule has 1 saturated heterocycles. The normalized spacial score (nSPS) is 15.4. The Kier molecular flexibility index (Phi) is 15.2. The summed E-state index contributed by atoms with van der Waals surface area (Å²) in [6, 6.07) is 2.77. The summed E-state index contributed by atoms with van der Waals surface area (Å²) in [5.74, 6) is -1.53. The van der Waals surface area contributed by atoms with Gasteiger partial charge in [0.05, 0.1) is 5.60 Å². The molecule has 1 fully saturated rings. The van der Waals surface area contributed by atoms with Gasteiger partial charge < -0.3 is 14.4 Å². The number of methoxy groups -OCH3 is 1. The summed E-state index contributed by atoms with van der Waals surface area (Å²) in [6.45, 7) is 13.4. The van der Waals surface area contributed by atoms with Crippen LogP contribution in [0.25, 0.3) is 0 Å². The molecule has 1 N–H and O–H groups in total. The van der Waals surface area contributed by atoms with Crippen LogP contribution in [0.3, 0.4) is 0 Å². The van der Waals surface area contributed by atoms with E-state index in [-0.39, 0.29) is 24.0 Å². The number of hydrogen-bond donors (Lipinski definition) is 1. The zero-order chi connectivity index (χ0) is 26.3. The Hall–Kier alpha value is -2.35. The number of anilines is 1. The molecule has 1 aliphatic heterocycles. The van der Waals surface area contributed by atoms with Crippen LogP contribution in [0.2, 0.25) is 0 Å². The number of piperidine rings is 1. The van der Waals surface area contributed by atoms with E-state index in [9.17, 15) is 18.4 Å². The fourth-order valence-corrected chi connectivity index (χ4v) is 4.13. The molecule has 1 aliphatic rings. The van der Waals surface area contributed by atoms with Gasteiger partial charge in [-0.2, -0.15) is 0 Å². The quantitative estimate of drug-likeness (QED) is 0.451. The maximum Gasteiger partial charge on any atom is 0.226 e. The van der Waals surface area contributed by atoms with Crippen LogP contribution in [0.1, 0.15) is 84.6 Å². The molecule has 34 heavy (non-hydrogen) atoms. The number of imide groups is 1. The van der Waals surface area contributed by atoms with E-state index in [1.165, 1.54) is 12.1 Å². The number of benzene rings is 1. The fourth-order valence-electron chi connectivity index (χ4n) is 4.13. The van der Waals surface area contributed by atoms with E-state index >= 15 is 0 Å². The second-order valence-electron chi connectivity index (χ2n) is 8.75. The van der Waals surface area contributed by atoms with E-state index in [4.69, 9.17) is 9.53 Å². The molecule has 6 nitrogen and oxygen atoms in total. The van der Waals surface area contributed by atoms with Crippen LogP contribution >= 0.6 is 0 Å². The molecule has 194 valence electrons. The number of carbonyl (C=O) groups is 3. The maximum atomic E-state index is 14.8. The van der Waals surface area contributed by atoms with Gasteiger partial charge in [0.1, 0.15) is 18.4 Å². The lowest BCUT2D eigenvalue weighted by Crippen LogP contribution is -2.46. The number of carbonyl (C=O) groups excluding carboxylic acids is 3. The van der Waals surface area contributed by atoms with Crippen molar-refractivity contribution < 1.29 is 27.9 Å². The summed E-state index contributed by atoms with van der Waals surface area (Å²) in [5, 5.41) is 2.04. The lowest BCUT2D eigenvalue weighted by atomic mass is 9.84. The summed E-state index contributed by atoms with van der Waals surface area (Å²) in [4.78, 5) is 31.7. The van der Waals surface area contributed by atoms with Gasteiger partial charge in [-0.1, -0.05) is 34.6 Å². The molecule has 1 aromatic carbocycles. The zero-order valence-electron chi connectivity index (χ0n) is 21.6. The van der Waals surface area contributed by atoms with Crippen molar-refractivity contribution >= 4 is 24.8 Å². The highest BCUT2D eigenvalue weighted by Crippen LogP contribution is 2.35. The number of nitrogens with zero attached hydrogens (tertiary/aromatic N) is 1. The van der Waals surface area contributed by atoms with Gasteiger partial charge in [-0.15, -0.1) is 0 Å². The predicted octanol–water partition coefficient (Wildman–Crippen LogP) is 5.38. The van der Waals surface area contributed by atoms with Crippen molar-refractivity contribution in [3.8, 4) is 0 Å². The molecule has 0 aromatic heterocycles. The third kappa shape index (κ3) is 9.49. The van der Waals surface area contributed by atoms with Crippen molar-refractivity contribution in [3.05, 3.63) is 29.3 Å². The Balaban J connectivity index is 0.00000258. The molecule has 2 rings (SSSR count). The summed E-state index contributed by atoms with van der Waals surface area (Å²) >= 11 is 0. The number of halogens is 2. The fraction of sp³-hybridized carbons (Fsp3) is 0.654. The van der Waals surface area contributed by atoms with Gasteiger partial charge in [-0.25, -0.2) is 8.78 Å². The first-order valence-electron chi connectivity index (χ1n) is 12.0. The summed E-state index contributed by atoms with van der Waals surface area (Å²) < 4.78 is 35.4. The first-order valence-corrected chi connectivity index (χ1v) is 12.0. The molecular formula is C26H42F2N2O4. The Morgan fingerprint density at radius 1 is 1.15 bits per heavy atom. The molecule has 0 bridgehead atoms. The highest BCUT2D eigenvalue weighted by Gasteiger charge is 2.35. The topological polar surface area (TPSA) is 75.7 Å². The summed E-state index contributed by atoms with van der Waals surface area (Å²) in [5.41, 5.74) is 0.361. The Morgan fingerprint density at radius 3 is 2.12 bits per heavy atom. The summed E-state index contributed by atoms with van der Waals surface area (Å²) in [7, 11) is 1.75. The molecule has 0 radical (unpaired) electrons. The first kappa shape index (κ1) is 31.6. The smallest absolute Gasteiger partial charge is 0.226 e. The monoisotopic (exact) mass is 484 g/mol. The molecule has 1 heterocycles. The molecule has 1 unspecified atom stereocenters. The van der Waals surface area contributed by atoms with Gasteiger partial charge in [-0.3, -0.25) is 14.9 Å². The van der Waals surface area contributed by atoms with Gasteiger partial charge in [0, 0.05) is 37.9 Å². The lowest BCUT2D eigenvalue weighted by molar-refractivity contribution is -0.125. The largest absolute Gasteiger partial charge is 0.378 e. The minimum absolute atomic E-state index is 0.0159. The molecule has 8 heteroatoms. The van der Waals surface area contributed by atoms with Gasteiger partial charge in [0.25, 0.3) is 0 Å². The number of hydrogen-bond acceptors (Lipinski definition) is 5. The van der Waals surface area contributed by atoms with Gasteiger partial charge in [0.15, 0.2) is 0 Å². The van der Waals surface area contributed by atoms with E-state index in [1.54, 1.807) is 14.0 Å². The van der Waals surface area contributed by atoms with Crippen molar-refractivity contribution in [2.24, 2.45) is 5.92 Å². The van der Waals surface area contributed by atoms with Crippen LogP contribution in [-0.2, 0) is 19.1 Å². The molecule has 0 aliphatic carbocycles. The van der Waals surface area contributed by atoms with Crippen LogP contribution in [0.4, 0.5) is 14.5 Å². The van der Waals surface area contributed by atoms with Crippen LogP contribution in [-0.4, -0.2) is 44.9 Å². The Bertz CT molecular complexity index is 727. The molecule has 0 spiro atoms. The van der Waals surface area contributed by atoms with Crippen LogP contribution < -0.4 is 10.2 Å². The second-order valence-corrected chi connectivity index (χ2v) is 8.75. The average Bonchev–Trinajstić information content (AvgIpc) is 2.84. The van der Waals surface area contributed by atoms with Crippen LogP contribution in [0.15, 0.2) is 12.1 Å². The highest BCUT2D eigenvalue weighted by molar-refractivity contribution is 5.85. The third-order valence-corrected chi connectivity index (χ3v) is 6.23. The van der Waals surface area contributed by atoms with Crippen molar-refractivity contribution in [2.75, 3.05) is 25.1 Å². The van der Waals surface area contributed by atoms with E-state index in [1.807, 2.05) is 30.9 Å². The van der Waals surface area contributed by atoms with Crippen molar-refractivity contribution in [1.29, 1.82) is 0 Å². The van der Waals surface area contributed by atoms with Gasteiger partial charge in [0.2, 0.25) is 12.3 Å². The van der Waals surface area contributed by atoms with Crippen molar-refractivity contribution in [3.63, 3.8) is 0 Å². The molecule has 1 aromatic rings. The van der Waals surface area contributed by atoms with E-state index in [0.29, 0.717) is 31.1 Å². The van der Waals surface area contributed by atoms with Gasteiger partial charge >= 0.3 is 0 Å². The van der Waals surface area contributed by atoms with Crippen LogP contribution in [0, 0.1) is 17.6 Å². The minimum Gasteiger partial charge on any atom is -0.378 e. The lowest BCUT2D eigenvalue weighted by Gasteiger charge is -2.42. The number of rotatable bonds is 10. The van der Waals surface area contributed by atoms with Crippen molar-refractivity contribution in [2.45, 2.75) is 84.7 Å². The highest BCUT2D eigenvalue weighted by atomic mass is 19.1. The van der Waals surface area contributed by atoms with E-state index < -0.39 is 23.5 Å². The van der Waals surface area contributed by atoms with Crippen molar-refractivity contribution in [1.82, 2.24) is 5.32 Å². The van der Waals surface area contributed by atoms with E-state index in [0.717, 1.165) is 25.7 Å². The zero-order valence-corrected chi connectivity index (χ0v) is 21.6. The standard InChI is InChI=1S/C23H34F2N2O3.C2H6.CH2O/c1-16(2)7-8-23(30-4)9-11-27(12-10-23)18-13-19(24)22(20(25)14-18)17(3)5-6-21(29)26-15-28;2*1-2/h13-17H,5-12H2,1-4H3,(H,26,28,29);1-2H3;1H2. The Labute approximate surface area is 203 Å². The molecule has 2 amide bonds. The number of ether oxygens (including phenoxy) is 1. The third-order valence-electron chi connectivity index (χ3n) is 6.23. The van der Waals surface area contributed by atoms with Gasteiger partial charge in [-0.05, 0) is 56.1 Å². The first-order chi connectivity index (χ1) is 16.2. The average molecular weight is 485 g/mol. The predicted molar refractivity (Wildman–Crippen MR) is 132 cm³/mol. The number of amides is 2. The molecule has 0 saturated carbocycles. The van der Waals surface area contributed by atoms with Crippen LogP contribution in [0.5, 0.6) is 0 Å². The maximum absolute atomic E-state index is 14.8. The Morgan fingerprint density at radius 2 is 1.68 bits per heavy atom. The van der Waals surface area contributed by atoms with E-state index in [2.05, 4.69) is 13.8 Å². The second kappa shape index (κ2) is 16.3. The molecule has 1 atom stereocenters. The number of nitrogens with one attached hydrogen (secondary N) is 1. The SMILES string of the molecule is C=O.CC.COC1(CCC(C)C)CCN(c2cc(F)c(C(C)CCC(=O)NC=O)c(F)c2)CC1. The molecular weight excluding hydrogens is 442 g/mol.